The number of imide groups is 2. The highest BCUT2D eigenvalue weighted by atomic mass is 19.1. The number of unbranched alkanes of at least 4 members (excludes halogenated alkanes) is 2. The van der Waals surface area contributed by atoms with Crippen LogP contribution < -0.4 is 31.1 Å². The van der Waals surface area contributed by atoms with Crippen molar-refractivity contribution in [3.63, 3.8) is 0 Å². The summed E-state index contributed by atoms with van der Waals surface area (Å²) in [4.78, 5) is 94.8. The van der Waals surface area contributed by atoms with E-state index in [1.54, 1.807) is 29.4 Å². The molecule has 6 amide bonds. The summed E-state index contributed by atoms with van der Waals surface area (Å²) in [5.41, 5.74) is 1.13. The van der Waals surface area contributed by atoms with E-state index in [1.165, 1.54) is 12.1 Å². The van der Waals surface area contributed by atoms with Gasteiger partial charge in [-0.2, -0.15) is 0 Å². The van der Waals surface area contributed by atoms with E-state index in [1.807, 2.05) is 11.0 Å². The number of amides is 6. The minimum Gasteiger partial charge on any atom is -0.384 e. The van der Waals surface area contributed by atoms with Gasteiger partial charge in [-0.15, -0.1) is 0 Å². The van der Waals surface area contributed by atoms with Gasteiger partial charge in [0.05, 0.1) is 28.9 Å². The van der Waals surface area contributed by atoms with Crippen LogP contribution >= 0.6 is 0 Å². The van der Waals surface area contributed by atoms with Gasteiger partial charge in [-0.3, -0.25) is 43.9 Å². The smallest absolute Gasteiger partial charge is 0.264 e. The number of halogens is 2. The molecule has 1 aromatic heterocycles. The highest BCUT2D eigenvalue weighted by molar-refractivity contribution is 6.25. The number of piperidine rings is 4. The zero-order chi connectivity index (χ0) is 49.2. The second-order valence-electron chi connectivity index (χ2n) is 20.9. The molecule has 6 aliphatic heterocycles. The van der Waals surface area contributed by atoms with Crippen molar-refractivity contribution in [1.29, 1.82) is 0 Å². The van der Waals surface area contributed by atoms with Crippen LogP contribution in [0, 0.1) is 23.0 Å². The third-order valence-corrected chi connectivity index (χ3v) is 15.4. The van der Waals surface area contributed by atoms with Crippen LogP contribution in [-0.2, 0) is 25.7 Å². The van der Waals surface area contributed by atoms with E-state index in [-0.39, 0.29) is 53.4 Å². The number of hydrogen-bond acceptors (Lipinski definition) is 13. The van der Waals surface area contributed by atoms with Crippen LogP contribution in [0.5, 0.6) is 0 Å². The zero-order valence-electron chi connectivity index (χ0n) is 40.3. The Bertz CT molecular complexity index is 2500. The van der Waals surface area contributed by atoms with Crippen LogP contribution in [-0.4, -0.2) is 137 Å². The van der Waals surface area contributed by atoms with Gasteiger partial charge in [0.15, 0.2) is 0 Å². The zero-order valence-corrected chi connectivity index (χ0v) is 40.3. The SMILES string of the molecule is CC1(C)CCN(Cc2cc(F)c(N3CC(=O)NC4(CCN(c5cc(NCC6CCN(C(=O)CCCCCNc7cccc8c7C(=O)N(C7CCC(=O)NC7=O)C8=O)CC6)ncn5)CC4)C3)cc2F)CC1. The van der Waals surface area contributed by atoms with Crippen LogP contribution in [0.2, 0.25) is 0 Å². The second kappa shape index (κ2) is 20.6. The third kappa shape index (κ3) is 10.9. The van der Waals surface area contributed by atoms with Crippen LogP contribution in [0.4, 0.5) is 31.8 Å². The van der Waals surface area contributed by atoms with Crippen molar-refractivity contribution in [3.05, 3.63) is 71.1 Å². The average Bonchev–Trinajstić information content (AvgIpc) is 3.59. The van der Waals surface area contributed by atoms with E-state index in [0.717, 1.165) is 68.8 Å². The van der Waals surface area contributed by atoms with Crippen molar-refractivity contribution in [3.8, 4) is 0 Å². The van der Waals surface area contributed by atoms with Crippen LogP contribution in [0.1, 0.15) is 117 Å². The Morgan fingerprint density at radius 1 is 0.814 bits per heavy atom. The first-order valence-electron chi connectivity index (χ1n) is 25.1. The third-order valence-electron chi connectivity index (χ3n) is 15.4. The Morgan fingerprint density at radius 2 is 1.59 bits per heavy atom. The molecule has 0 aliphatic carbocycles. The molecule has 1 atom stereocenters. The largest absolute Gasteiger partial charge is 0.384 e. The maximum atomic E-state index is 15.7. The lowest BCUT2D eigenvalue weighted by molar-refractivity contribution is -0.136. The molecule has 5 fully saturated rings. The number of carbonyl (C=O) groups is 6. The Kier molecular flexibility index (Phi) is 14.4. The van der Waals surface area contributed by atoms with Crippen molar-refractivity contribution in [2.45, 2.75) is 109 Å². The standard InChI is InChI=1S/C51H65F2N11O6/c1-50(2)14-21-60(22-15-50)29-34-25-37(53)40(26-36(34)52)63-30-44(66)59-51(31-63)16-23-61(24-17-51)42-27-41(56-32-57-42)55-28-33-12-19-62(20-13-33)45(67)9-4-3-5-18-54-38-8-6-7-35-46(38)49(70)64(48(35)69)39-10-11-43(65)58-47(39)68/h6-8,25-27,32-33,39,54H,3-5,9-24,28-31H2,1-2H3,(H,59,66)(H,55,56,57)(H,58,65,68). The first-order valence-corrected chi connectivity index (χ1v) is 25.1. The van der Waals surface area contributed by atoms with Gasteiger partial charge in [-0.1, -0.05) is 26.3 Å². The quantitative estimate of drug-likeness (QED) is 0.117. The molecule has 19 heteroatoms. The molecule has 374 valence electrons. The average molecular weight is 966 g/mol. The van der Waals surface area contributed by atoms with Gasteiger partial charge in [0, 0.05) is 88.6 Å². The number of aromatic nitrogens is 2. The van der Waals surface area contributed by atoms with Crippen molar-refractivity contribution >= 4 is 58.5 Å². The summed E-state index contributed by atoms with van der Waals surface area (Å²) in [7, 11) is 0. The fourth-order valence-electron chi connectivity index (χ4n) is 11.0. The van der Waals surface area contributed by atoms with E-state index in [9.17, 15) is 28.8 Å². The molecule has 4 N–H and O–H groups in total. The van der Waals surface area contributed by atoms with Crippen LogP contribution in [0.15, 0.2) is 42.7 Å². The molecule has 1 spiro atoms. The number of likely N-dealkylation sites (tertiary alicyclic amines) is 2. The summed E-state index contributed by atoms with van der Waals surface area (Å²) < 4.78 is 31.2. The predicted molar refractivity (Wildman–Crippen MR) is 259 cm³/mol. The maximum Gasteiger partial charge on any atom is 0.264 e. The number of benzene rings is 2. The molecule has 2 aromatic carbocycles. The lowest BCUT2D eigenvalue weighted by Crippen LogP contribution is -2.66. The number of nitrogens with one attached hydrogen (secondary N) is 4. The van der Waals surface area contributed by atoms with Gasteiger partial charge < -0.3 is 30.7 Å². The van der Waals surface area contributed by atoms with E-state index >= 15 is 8.78 Å². The summed E-state index contributed by atoms with van der Waals surface area (Å²) in [6.45, 7) is 10.8. The number of hydrogen-bond donors (Lipinski definition) is 4. The molecule has 3 aromatic rings. The van der Waals surface area contributed by atoms with Crippen molar-refractivity contribution in [2.24, 2.45) is 11.3 Å². The van der Waals surface area contributed by atoms with Crippen LogP contribution in [0.3, 0.4) is 0 Å². The first kappa shape index (κ1) is 48.8. The van der Waals surface area contributed by atoms with E-state index in [4.69, 9.17) is 0 Å². The Hall–Kier alpha value is -6.24. The highest BCUT2D eigenvalue weighted by Crippen LogP contribution is 2.36. The van der Waals surface area contributed by atoms with Gasteiger partial charge in [-0.25, -0.2) is 18.7 Å². The lowest BCUT2D eigenvalue weighted by atomic mass is 9.82. The van der Waals surface area contributed by atoms with Crippen molar-refractivity contribution in [1.82, 2.24) is 35.3 Å². The molecular formula is C51H65F2N11O6. The summed E-state index contributed by atoms with van der Waals surface area (Å²) in [5, 5.41) is 12.2. The topological polar surface area (TPSA) is 193 Å². The van der Waals surface area contributed by atoms with E-state index < -0.39 is 46.8 Å². The summed E-state index contributed by atoms with van der Waals surface area (Å²) >= 11 is 0. The Labute approximate surface area is 407 Å². The van der Waals surface area contributed by atoms with Crippen molar-refractivity contribution < 1.29 is 37.5 Å². The highest BCUT2D eigenvalue weighted by Gasteiger charge is 2.46. The summed E-state index contributed by atoms with van der Waals surface area (Å²) in [6, 6.07) is 8.49. The van der Waals surface area contributed by atoms with E-state index in [2.05, 4.69) is 54.9 Å². The number of rotatable bonds is 15. The maximum absolute atomic E-state index is 15.7. The minimum atomic E-state index is -1.02. The number of piperazine rings is 1. The van der Waals surface area contributed by atoms with Crippen molar-refractivity contribution in [2.75, 3.05) is 85.9 Å². The fraction of sp³-hybridized carbons (Fsp3) is 0.569. The fourth-order valence-corrected chi connectivity index (χ4v) is 11.0. The van der Waals surface area contributed by atoms with E-state index in [0.29, 0.717) is 94.6 Å². The molecule has 9 rings (SSSR count). The number of nitrogens with zero attached hydrogens (tertiary/aromatic N) is 7. The molecule has 0 bridgehead atoms. The number of fused-ring (bicyclic) bond motifs is 1. The molecule has 1 unspecified atom stereocenters. The lowest BCUT2D eigenvalue weighted by Gasteiger charge is -2.48. The van der Waals surface area contributed by atoms with Gasteiger partial charge in [0.25, 0.3) is 11.8 Å². The molecule has 0 radical (unpaired) electrons. The summed E-state index contributed by atoms with van der Waals surface area (Å²) in [5.74, 6) is -1.31. The first-order chi connectivity index (χ1) is 33.6. The Balaban J connectivity index is 0.677. The molecule has 7 heterocycles. The van der Waals surface area contributed by atoms with Gasteiger partial charge in [0.1, 0.15) is 35.6 Å². The number of carbonyl (C=O) groups excluding carboxylic acids is 6. The van der Waals surface area contributed by atoms with Gasteiger partial charge in [-0.05, 0) is 100 Å². The summed E-state index contributed by atoms with van der Waals surface area (Å²) in [6.07, 6.45) is 9.45. The normalized spacial score (nSPS) is 21.8. The predicted octanol–water partition coefficient (Wildman–Crippen LogP) is 5.08. The monoisotopic (exact) mass is 966 g/mol. The molecular weight excluding hydrogens is 901 g/mol. The van der Waals surface area contributed by atoms with Gasteiger partial charge >= 0.3 is 0 Å². The molecule has 0 saturated carbocycles. The molecule has 70 heavy (non-hydrogen) atoms. The molecule has 6 aliphatic rings. The Morgan fingerprint density at radius 3 is 2.34 bits per heavy atom. The molecule has 5 saturated heterocycles. The molecule has 17 nitrogen and oxygen atoms in total. The van der Waals surface area contributed by atoms with Gasteiger partial charge in [0.2, 0.25) is 23.6 Å². The second-order valence-corrected chi connectivity index (χ2v) is 20.9. The minimum absolute atomic E-state index is 0.0347. The number of anilines is 4. The van der Waals surface area contributed by atoms with Crippen LogP contribution in [0.25, 0.3) is 0 Å².